The van der Waals surface area contributed by atoms with Crippen molar-refractivity contribution in [2.24, 2.45) is 0 Å². The normalized spacial score (nSPS) is 17.9. The molecular weight excluding hydrogens is 765 g/mol. The SMILES string of the molecule is CN1CCN(c2ccc3cc2OCCOCC(N2c4cccc(c4)SCCOCCOc4cccc(c4)-c4ccnc2n4)Oc2cccc(c2)-c2ccnc(n2)N3)CC1. The minimum absolute atomic E-state index is 0.167. The van der Waals surface area contributed by atoms with Crippen LogP contribution in [-0.2, 0) is 9.47 Å². The summed E-state index contributed by atoms with van der Waals surface area (Å²) >= 11 is 1.72. The van der Waals surface area contributed by atoms with Gasteiger partial charge in [-0.2, -0.15) is 0 Å². The predicted octanol–water partition coefficient (Wildman–Crippen LogP) is 7.55. The van der Waals surface area contributed by atoms with Crippen LogP contribution in [0.25, 0.3) is 22.5 Å². The van der Waals surface area contributed by atoms with Gasteiger partial charge in [-0.15, -0.1) is 11.8 Å². The highest BCUT2D eigenvalue weighted by molar-refractivity contribution is 7.99. The second-order valence-corrected chi connectivity index (χ2v) is 15.5. The highest BCUT2D eigenvalue weighted by atomic mass is 32.2. The number of nitrogens with one attached hydrogen (secondary N) is 1. The van der Waals surface area contributed by atoms with Crippen molar-refractivity contribution < 1.29 is 23.7 Å². The van der Waals surface area contributed by atoms with E-state index in [1.54, 1.807) is 24.2 Å². The summed E-state index contributed by atoms with van der Waals surface area (Å²) in [6.07, 6.45) is 2.83. The molecule has 0 aliphatic carbocycles. The van der Waals surface area contributed by atoms with E-state index in [2.05, 4.69) is 45.3 Å². The molecule has 0 saturated carbocycles. The van der Waals surface area contributed by atoms with E-state index in [0.717, 1.165) is 87.9 Å². The summed E-state index contributed by atoms with van der Waals surface area (Å²) in [5.74, 6) is 3.84. The number of fused-ring (bicyclic) bond motifs is 14. The summed E-state index contributed by atoms with van der Waals surface area (Å²) in [5.41, 5.74) is 5.97. The Hall–Kier alpha value is -5.93. The molecule has 3 aliphatic heterocycles. The van der Waals surface area contributed by atoms with Crippen LogP contribution in [0, 0.1) is 0 Å². The standard InChI is InChI=1S/C45H46N8O5S/c1-51-17-19-52(20-18-51)41-12-11-34-29-42(41)57-24-22-55-31-43(58-37-9-3-6-33(28-37)39-13-15-46-44(48-34)49-39)53-35-7-4-10-38(30-35)59-26-25-54-21-23-56-36-8-2-5-32(27-36)40-14-16-47-45(53)50-40/h2-16,27-30,43H,17-26,31H2,1H3,(H,46,48,49). The van der Waals surface area contributed by atoms with Gasteiger partial charge in [0.1, 0.15) is 37.1 Å². The third-order valence-corrected chi connectivity index (χ3v) is 11.2. The molecule has 302 valence electrons. The average Bonchev–Trinajstić information content (AvgIpc) is 3.26. The maximum Gasteiger partial charge on any atom is 0.233 e. The first-order valence-electron chi connectivity index (χ1n) is 19.9. The first kappa shape index (κ1) is 38.6. The minimum Gasteiger partial charge on any atom is -0.491 e. The maximum atomic E-state index is 6.96. The van der Waals surface area contributed by atoms with Gasteiger partial charge in [0.15, 0.2) is 0 Å². The Kier molecular flexibility index (Phi) is 12.0. The van der Waals surface area contributed by atoms with E-state index in [0.29, 0.717) is 50.7 Å². The largest absolute Gasteiger partial charge is 0.491 e. The fourth-order valence-corrected chi connectivity index (χ4v) is 8.03. The summed E-state index contributed by atoms with van der Waals surface area (Å²) in [7, 11) is 2.16. The predicted molar refractivity (Wildman–Crippen MR) is 231 cm³/mol. The van der Waals surface area contributed by atoms with Gasteiger partial charge in [-0.25, -0.2) is 19.9 Å². The van der Waals surface area contributed by atoms with Gasteiger partial charge in [-0.1, -0.05) is 30.3 Å². The molecule has 1 unspecified atom stereocenters. The van der Waals surface area contributed by atoms with Crippen molar-refractivity contribution in [3.63, 3.8) is 0 Å². The van der Waals surface area contributed by atoms with Crippen LogP contribution < -0.4 is 29.3 Å². The molecule has 0 radical (unpaired) electrons. The topological polar surface area (TPSA) is 119 Å². The molecule has 0 amide bonds. The Balaban J connectivity index is 1.10. The molecule has 4 aromatic carbocycles. The van der Waals surface area contributed by atoms with Gasteiger partial charge in [-0.05, 0) is 73.8 Å². The van der Waals surface area contributed by atoms with Crippen molar-refractivity contribution >= 4 is 40.7 Å². The third-order valence-electron chi connectivity index (χ3n) is 10.2. The van der Waals surface area contributed by atoms with E-state index in [4.69, 9.17) is 38.6 Å². The van der Waals surface area contributed by atoms with Crippen molar-refractivity contribution in [3.05, 3.63) is 116 Å². The number of thioether (sulfide) groups is 1. The molecule has 59 heavy (non-hydrogen) atoms. The van der Waals surface area contributed by atoms with Crippen LogP contribution in [0.15, 0.2) is 120 Å². The highest BCUT2D eigenvalue weighted by Crippen LogP contribution is 2.36. The van der Waals surface area contributed by atoms with Crippen LogP contribution in [0.5, 0.6) is 17.2 Å². The fourth-order valence-electron chi connectivity index (χ4n) is 7.21. The molecule has 14 heteroatoms. The molecule has 0 spiro atoms. The molecule has 6 aromatic rings. The van der Waals surface area contributed by atoms with Gasteiger partial charge in [0.05, 0.1) is 36.9 Å². The summed E-state index contributed by atoms with van der Waals surface area (Å²) in [6.45, 7) is 6.11. The molecule has 1 atom stereocenters. The number of likely N-dealkylation sites (N-methyl/N-ethyl adjacent to an activating group) is 1. The summed E-state index contributed by atoms with van der Waals surface area (Å²) in [6, 6.07) is 34.1. The molecular formula is C45H46N8O5S. The number of aromatic nitrogens is 4. The van der Waals surface area contributed by atoms with E-state index in [1.165, 1.54) is 0 Å². The van der Waals surface area contributed by atoms with Crippen molar-refractivity contribution in [2.45, 2.75) is 11.1 Å². The van der Waals surface area contributed by atoms with E-state index in [1.807, 2.05) is 89.8 Å². The Morgan fingerprint density at radius 1 is 0.678 bits per heavy atom. The molecule has 1 saturated heterocycles. The first-order valence-corrected chi connectivity index (χ1v) is 20.9. The summed E-state index contributed by atoms with van der Waals surface area (Å²) in [5, 5.41) is 3.40. The second-order valence-electron chi connectivity index (χ2n) is 14.3. The Bertz CT molecular complexity index is 2360. The lowest BCUT2D eigenvalue weighted by Crippen LogP contribution is -2.44. The van der Waals surface area contributed by atoms with Gasteiger partial charge >= 0.3 is 0 Å². The molecule has 5 heterocycles. The molecule has 3 aliphatic rings. The van der Waals surface area contributed by atoms with Crippen LogP contribution in [0.2, 0.25) is 0 Å². The zero-order valence-electron chi connectivity index (χ0n) is 32.9. The molecule has 9 rings (SSSR count). The first-order chi connectivity index (χ1) is 29.1. The van der Waals surface area contributed by atoms with E-state index < -0.39 is 6.23 Å². The number of anilines is 5. The van der Waals surface area contributed by atoms with Gasteiger partial charge in [-0.3, -0.25) is 4.90 Å². The van der Waals surface area contributed by atoms with Crippen molar-refractivity contribution in [1.82, 2.24) is 24.8 Å². The molecule has 2 aromatic heterocycles. The quantitative estimate of drug-likeness (QED) is 0.185. The zero-order valence-corrected chi connectivity index (χ0v) is 33.7. The van der Waals surface area contributed by atoms with Crippen LogP contribution in [0.3, 0.4) is 0 Å². The van der Waals surface area contributed by atoms with Crippen molar-refractivity contribution in [2.75, 3.05) is 93.7 Å². The average molecular weight is 811 g/mol. The molecule has 12 bridgehead atoms. The van der Waals surface area contributed by atoms with E-state index >= 15 is 0 Å². The lowest BCUT2D eigenvalue weighted by molar-refractivity contribution is 0.0382. The van der Waals surface area contributed by atoms with Crippen LogP contribution in [0.1, 0.15) is 0 Å². The van der Waals surface area contributed by atoms with Crippen LogP contribution in [-0.4, -0.2) is 110 Å². The number of rotatable bonds is 2. The van der Waals surface area contributed by atoms with Crippen LogP contribution in [0.4, 0.5) is 29.0 Å². The molecule has 1 fully saturated rings. The number of nitrogens with zero attached hydrogens (tertiary/aromatic N) is 7. The molecule has 13 nitrogen and oxygen atoms in total. The Labute approximate surface area is 348 Å². The molecule has 1 N–H and O–H groups in total. The summed E-state index contributed by atoms with van der Waals surface area (Å²) in [4.78, 5) is 27.3. The number of piperazine rings is 1. The Morgan fingerprint density at radius 2 is 1.44 bits per heavy atom. The lowest BCUT2D eigenvalue weighted by Gasteiger charge is -2.35. The van der Waals surface area contributed by atoms with Crippen molar-refractivity contribution in [3.8, 4) is 39.8 Å². The van der Waals surface area contributed by atoms with E-state index in [-0.39, 0.29) is 6.61 Å². The smallest absolute Gasteiger partial charge is 0.233 e. The van der Waals surface area contributed by atoms with Crippen LogP contribution >= 0.6 is 11.8 Å². The van der Waals surface area contributed by atoms with Gasteiger partial charge in [0.25, 0.3) is 0 Å². The van der Waals surface area contributed by atoms with Gasteiger partial charge < -0.3 is 38.8 Å². The zero-order chi connectivity index (χ0) is 39.8. The van der Waals surface area contributed by atoms with Gasteiger partial charge in [0, 0.05) is 77.8 Å². The van der Waals surface area contributed by atoms with E-state index in [9.17, 15) is 0 Å². The fraction of sp³-hybridized carbons (Fsp3) is 0.289. The highest BCUT2D eigenvalue weighted by Gasteiger charge is 2.27. The number of benzene rings is 4. The maximum absolute atomic E-state index is 6.96. The monoisotopic (exact) mass is 810 g/mol. The number of hydrogen-bond acceptors (Lipinski definition) is 14. The minimum atomic E-state index is -0.705. The third kappa shape index (κ3) is 9.52. The second kappa shape index (κ2) is 18.3. The Morgan fingerprint density at radius 3 is 2.32 bits per heavy atom. The van der Waals surface area contributed by atoms with Gasteiger partial charge in [0.2, 0.25) is 18.1 Å². The summed E-state index contributed by atoms with van der Waals surface area (Å²) < 4.78 is 31.9. The number of ether oxygens (including phenoxy) is 5. The lowest BCUT2D eigenvalue weighted by atomic mass is 10.1. The number of hydrogen-bond donors (Lipinski definition) is 1. The van der Waals surface area contributed by atoms with Crippen molar-refractivity contribution in [1.29, 1.82) is 0 Å².